The van der Waals surface area contributed by atoms with Gasteiger partial charge in [-0.2, -0.15) is 0 Å². The summed E-state index contributed by atoms with van der Waals surface area (Å²) >= 11 is 6.25. The molecular formula is C18H26ClN5. The number of guanidine groups is 1. The summed E-state index contributed by atoms with van der Waals surface area (Å²) in [6.07, 6.45) is 6.03. The van der Waals surface area contributed by atoms with Crippen molar-refractivity contribution in [2.24, 2.45) is 4.99 Å². The lowest BCUT2D eigenvalue weighted by Crippen LogP contribution is -2.39. The van der Waals surface area contributed by atoms with Crippen molar-refractivity contribution in [3.05, 3.63) is 53.1 Å². The van der Waals surface area contributed by atoms with E-state index in [9.17, 15) is 0 Å². The number of hydrogen-bond donors (Lipinski definition) is 2. The van der Waals surface area contributed by atoms with Crippen LogP contribution in [0.3, 0.4) is 0 Å². The number of imidazole rings is 1. The van der Waals surface area contributed by atoms with E-state index < -0.39 is 0 Å². The van der Waals surface area contributed by atoms with Crippen LogP contribution in [0.5, 0.6) is 0 Å². The Labute approximate surface area is 149 Å². The summed E-state index contributed by atoms with van der Waals surface area (Å²) in [7, 11) is 1.78. The number of nitrogens with zero attached hydrogens (tertiary/aromatic N) is 3. The number of nitrogens with one attached hydrogen (secondary N) is 2. The molecule has 2 rings (SSSR count). The van der Waals surface area contributed by atoms with Crippen molar-refractivity contribution in [1.29, 1.82) is 0 Å². The van der Waals surface area contributed by atoms with E-state index >= 15 is 0 Å². The second kappa shape index (κ2) is 9.33. The first-order valence-electron chi connectivity index (χ1n) is 8.31. The zero-order chi connectivity index (χ0) is 17.4. The van der Waals surface area contributed by atoms with Gasteiger partial charge in [-0.25, -0.2) is 4.98 Å². The molecule has 0 aliphatic rings. The highest BCUT2D eigenvalue weighted by atomic mass is 35.5. The molecule has 0 aliphatic carbocycles. The van der Waals surface area contributed by atoms with E-state index in [1.54, 1.807) is 7.05 Å². The molecule has 0 fully saturated rings. The Morgan fingerprint density at radius 2 is 2.12 bits per heavy atom. The van der Waals surface area contributed by atoms with Gasteiger partial charge in [-0.1, -0.05) is 29.8 Å². The molecule has 1 aromatic carbocycles. The van der Waals surface area contributed by atoms with E-state index in [0.29, 0.717) is 0 Å². The van der Waals surface area contributed by atoms with E-state index in [-0.39, 0.29) is 6.04 Å². The van der Waals surface area contributed by atoms with Gasteiger partial charge in [0, 0.05) is 37.6 Å². The Morgan fingerprint density at radius 3 is 2.79 bits per heavy atom. The van der Waals surface area contributed by atoms with Crippen molar-refractivity contribution in [3.63, 3.8) is 0 Å². The van der Waals surface area contributed by atoms with Crippen molar-refractivity contribution < 1.29 is 0 Å². The largest absolute Gasteiger partial charge is 0.356 e. The maximum Gasteiger partial charge on any atom is 0.191 e. The van der Waals surface area contributed by atoms with Crippen molar-refractivity contribution in [2.45, 2.75) is 39.3 Å². The lowest BCUT2D eigenvalue weighted by atomic mass is 10.1. The van der Waals surface area contributed by atoms with Gasteiger partial charge in [-0.3, -0.25) is 4.99 Å². The number of aliphatic imine (C=N–C) groups is 1. The van der Waals surface area contributed by atoms with Crippen LogP contribution in [0, 0.1) is 6.92 Å². The number of halogens is 1. The van der Waals surface area contributed by atoms with Gasteiger partial charge in [0.05, 0.1) is 6.04 Å². The minimum absolute atomic E-state index is 0.0958. The molecule has 0 saturated carbocycles. The Balaban J connectivity index is 1.72. The fourth-order valence-electron chi connectivity index (χ4n) is 2.56. The molecule has 0 saturated heterocycles. The minimum Gasteiger partial charge on any atom is -0.356 e. The molecule has 1 unspecified atom stereocenters. The molecule has 0 radical (unpaired) electrons. The van der Waals surface area contributed by atoms with Crippen LogP contribution in [0.15, 0.2) is 41.7 Å². The quantitative estimate of drug-likeness (QED) is 0.457. The van der Waals surface area contributed by atoms with Gasteiger partial charge in [0.2, 0.25) is 0 Å². The minimum atomic E-state index is 0.0958. The molecule has 0 spiro atoms. The molecule has 2 N–H and O–H groups in total. The zero-order valence-electron chi connectivity index (χ0n) is 14.6. The predicted molar refractivity (Wildman–Crippen MR) is 101 cm³/mol. The number of rotatable bonds is 7. The third-order valence-corrected chi connectivity index (χ3v) is 4.33. The zero-order valence-corrected chi connectivity index (χ0v) is 15.3. The second-order valence-electron chi connectivity index (χ2n) is 5.76. The molecule has 1 atom stereocenters. The molecule has 130 valence electrons. The van der Waals surface area contributed by atoms with Gasteiger partial charge in [0.25, 0.3) is 0 Å². The van der Waals surface area contributed by atoms with Crippen molar-refractivity contribution in [3.8, 4) is 0 Å². The fraction of sp³-hybridized carbons (Fsp3) is 0.444. The van der Waals surface area contributed by atoms with Crippen LogP contribution >= 0.6 is 11.6 Å². The van der Waals surface area contributed by atoms with Crippen molar-refractivity contribution in [1.82, 2.24) is 20.2 Å². The molecular weight excluding hydrogens is 322 g/mol. The van der Waals surface area contributed by atoms with Crippen LogP contribution in [0.2, 0.25) is 5.02 Å². The van der Waals surface area contributed by atoms with E-state index in [2.05, 4.69) is 32.1 Å². The summed E-state index contributed by atoms with van der Waals surface area (Å²) in [5.41, 5.74) is 1.07. The summed E-state index contributed by atoms with van der Waals surface area (Å²) in [4.78, 5) is 8.51. The third-order valence-electron chi connectivity index (χ3n) is 3.99. The standard InChI is InChI=1S/C18H26ClN5/c1-14(16-8-4-5-9-17(16)19)23-18(20-3)22-10-6-7-12-24-13-11-21-15(24)2/h4-5,8-9,11,13-14H,6-7,10,12H2,1-3H3,(H2,20,22,23). The van der Waals surface area contributed by atoms with E-state index in [1.807, 2.05) is 43.6 Å². The maximum absolute atomic E-state index is 6.25. The normalized spacial score (nSPS) is 12.9. The van der Waals surface area contributed by atoms with Crippen LogP contribution in [-0.4, -0.2) is 29.1 Å². The molecule has 1 heterocycles. The maximum atomic E-state index is 6.25. The Kier molecular flexibility index (Phi) is 7.12. The molecule has 2 aromatic rings. The van der Waals surface area contributed by atoms with Gasteiger partial charge in [0.15, 0.2) is 5.96 Å². The average Bonchev–Trinajstić information content (AvgIpc) is 2.98. The highest BCUT2D eigenvalue weighted by Gasteiger charge is 2.10. The summed E-state index contributed by atoms with van der Waals surface area (Å²) in [6, 6.07) is 7.96. The van der Waals surface area contributed by atoms with Crippen LogP contribution in [-0.2, 0) is 6.54 Å². The van der Waals surface area contributed by atoms with Crippen LogP contribution in [0.4, 0.5) is 0 Å². The smallest absolute Gasteiger partial charge is 0.191 e. The van der Waals surface area contributed by atoms with Crippen LogP contribution in [0.25, 0.3) is 0 Å². The van der Waals surface area contributed by atoms with Gasteiger partial charge < -0.3 is 15.2 Å². The Morgan fingerprint density at radius 1 is 1.33 bits per heavy atom. The Bertz CT molecular complexity index is 665. The first-order valence-corrected chi connectivity index (χ1v) is 8.69. The molecule has 0 amide bonds. The number of benzene rings is 1. The van der Waals surface area contributed by atoms with E-state index in [1.165, 1.54) is 0 Å². The van der Waals surface area contributed by atoms with Crippen molar-refractivity contribution >= 4 is 17.6 Å². The first-order chi connectivity index (χ1) is 11.6. The van der Waals surface area contributed by atoms with Gasteiger partial charge >= 0.3 is 0 Å². The fourth-order valence-corrected chi connectivity index (χ4v) is 2.86. The van der Waals surface area contributed by atoms with E-state index in [0.717, 1.165) is 48.3 Å². The summed E-state index contributed by atoms with van der Waals surface area (Å²) in [5, 5.41) is 7.50. The summed E-state index contributed by atoms with van der Waals surface area (Å²) in [6.45, 7) is 5.98. The summed E-state index contributed by atoms with van der Waals surface area (Å²) < 4.78 is 2.17. The first kappa shape index (κ1) is 18.3. The highest BCUT2D eigenvalue weighted by molar-refractivity contribution is 6.31. The third kappa shape index (κ3) is 5.27. The predicted octanol–water partition coefficient (Wildman–Crippen LogP) is 3.55. The topological polar surface area (TPSA) is 54.2 Å². The Hall–Kier alpha value is -2.01. The lowest BCUT2D eigenvalue weighted by molar-refractivity contribution is 0.585. The molecule has 0 bridgehead atoms. The van der Waals surface area contributed by atoms with E-state index in [4.69, 9.17) is 11.6 Å². The SMILES string of the molecule is CN=C(NCCCCn1ccnc1C)NC(C)c1ccccc1Cl. The monoisotopic (exact) mass is 347 g/mol. The summed E-state index contributed by atoms with van der Waals surface area (Å²) in [5.74, 6) is 1.86. The van der Waals surface area contributed by atoms with Crippen LogP contribution in [0.1, 0.15) is 37.2 Å². The second-order valence-corrected chi connectivity index (χ2v) is 6.17. The number of aromatic nitrogens is 2. The van der Waals surface area contributed by atoms with Gasteiger partial charge in [-0.05, 0) is 38.3 Å². The molecule has 24 heavy (non-hydrogen) atoms. The lowest BCUT2D eigenvalue weighted by Gasteiger charge is -2.19. The number of unbranched alkanes of at least 4 members (excludes halogenated alkanes) is 1. The number of hydrogen-bond acceptors (Lipinski definition) is 2. The molecule has 5 nitrogen and oxygen atoms in total. The van der Waals surface area contributed by atoms with Gasteiger partial charge in [-0.15, -0.1) is 0 Å². The van der Waals surface area contributed by atoms with Gasteiger partial charge in [0.1, 0.15) is 5.82 Å². The van der Waals surface area contributed by atoms with Crippen LogP contribution < -0.4 is 10.6 Å². The number of aryl methyl sites for hydroxylation is 2. The molecule has 0 aliphatic heterocycles. The average molecular weight is 348 g/mol. The van der Waals surface area contributed by atoms with Crippen molar-refractivity contribution in [2.75, 3.05) is 13.6 Å². The molecule has 6 heteroatoms. The highest BCUT2D eigenvalue weighted by Crippen LogP contribution is 2.21. The molecule has 1 aromatic heterocycles.